The van der Waals surface area contributed by atoms with E-state index >= 15 is 0 Å². The Morgan fingerprint density at radius 3 is 2.74 bits per heavy atom. The van der Waals surface area contributed by atoms with Crippen LogP contribution < -0.4 is 4.72 Å². The lowest BCUT2D eigenvalue weighted by Gasteiger charge is -2.22. The van der Waals surface area contributed by atoms with Crippen molar-refractivity contribution in [3.63, 3.8) is 0 Å². The Labute approximate surface area is 112 Å². The molecule has 0 aromatic carbocycles. The molecule has 7 heteroatoms. The van der Waals surface area contributed by atoms with E-state index in [1.165, 1.54) is 18.3 Å². The van der Waals surface area contributed by atoms with Gasteiger partial charge in [-0.3, -0.25) is 0 Å². The maximum atomic E-state index is 12.0. The van der Waals surface area contributed by atoms with Crippen molar-refractivity contribution in [1.29, 1.82) is 5.26 Å². The van der Waals surface area contributed by atoms with Crippen LogP contribution >= 0.6 is 0 Å². The lowest BCUT2D eigenvalue weighted by molar-refractivity contribution is 0.0678. The van der Waals surface area contributed by atoms with E-state index in [0.717, 1.165) is 12.8 Å². The summed E-state index contributed by atoms with van der Waals surface area (Å²) in [5.41, 5.74) is 0.198. The van der Waals surface area contributed by atoms with Crippen molar-refractivity contribution < 1.29 is 13.2 Å². The molecule has 1 aliphatic rings. The van der Waals surface area contributed by atoms with E-state index in [9.17, 15) is 8.42 Å². The second kappa shape index (κ2) is 6.10. The van der Waals surface area contributed by atoms with Crippen LogP contribution in [0.15, 0.2) is 23.2 Å². The summed E-state index contributed by atoms with van der Waals surface area (Å²) in [5, 5.41) is 8.62. The van der Waals surface area contributed by atoms with Crippen molar-refractivity contribution in [2.24, 2.45) is 5.92 Å². The molecule has 0 amide bonds. The minimum absolute atomic E-state index is 0.0820. The highest BCUT2D eigenvalue weighted by molar-refractivity contribution is 7.89. The van der Waals surface area contributed by atoms with Crippen LogP contribution in [-0.4, -0.2) is 33.2 Å². The van der Waals surface area contributed by atoms with Crippen LogP contribution in [0.4, 0.5) is 0 Å². The molecule has 1 aromatic rings. The summed E-state index contributed by atoms with van der Waals surface area (Å²) in [6, 6.07) is 4.63. The summed E-state index contributed by atoms with van der Waals surface area (Å²) in [6.45, 7) is 1.78. The van der Waals surface area contributed by atoms with Crippen molar-refractivity contribution >= 4 is 10.0 Å². The second-order valence-corrected chi connectivity index (χ2v) is 6.17. The molecule has 1 fully saturated rings. The largest absolute Gasteiger partial charge is 0.381 e. The van der Waals surface area contributed by atoms with Gasteiger partial charge in [-0.05, 0) is 30.9 Å². The van der Waals surface area contributed by atoms with Crippen molar-refractivity contribution in [1.82, 2.24) is 9.71 Å². The first-order valence-electron chi connectivity index (χ1n) is 6.05. The van der Waals surface area contributed by atoms with Crippen LogP contribution in [0.25, 0.3) is 0 Å². The van der Waals surface area contributed by atoms with E-state index in [-0.39, 0.29) is 10.6 Å². The zero-order chi connectivity index (χ0) is 13.7. The number of hydrogen-bond donors (Lipinski definition) is 1. The lowest BCUT2D eigenvalue weighted by Crippen LogP contribution is -2.32. The van der Waals surface area contributed by atoms with E-state index in [0.29, 0.717) is 25.7 Å². The number of sulfonamides is 1. The van der Waals surface area contributed by atoms with Gasteiger partial charge < -0.3 is 4.74 Å². The first-order chi connectivity index (χ1) is 9.12. The van der Waals surface area contributed by atoms with Crippen molar-refractivity contribution in [2.75, 3.05) is 19.8 Å². The van der Waals surface area contributed by atoms with Gasteiger partial charge in [-0.15, -0.1) is 0 Å². The van der Waals surface area contributed by atoms with Gasteiger partial charge in [0.05, 0.1) is 0 Å². The quantitative estimate of drug-likeness (QED) is 0.875. The zero-order valence-electron chi connectivity index (χ0n) is 10.4. The summed E-state index contributed by atoms with van der Waals surface area (Å²) in [7, 11) is -3.55. The Balaban J connectivity index is 1.99. The van der Waals surface area contributed by atoms with Crippen LogP contribution in [0.1, 0.15) is 18.5 Å². The average molecular weight is 281 g/mol. The standard InChI is InChI=1S/C12H15N3O3S/c13-7-11-1-2-12(9-14-11)19(16,17)15-8-10-3-5-18-6-4-10/h1-2,9-10,15H,3-6,8H2. The van der Waals surface area contributed by atoms with Crippen LogP contribution in [0.3, 0.4) is 0 Å². The number of hydrogen-bond acceptors (Lipinski definition) is 5. The third-order valence-electron chi connectivity index (χ3n) is 3.06. The molecule has 2 rings (SSSR count). The van der Waals surface area contributed by atoms with Gasteiger partial charge in [-0.1, -0.05) is 0 Å². The highest BCUT2D eigenvalue weighted by Gasteiger charge is 2.19. The molecule has 102 valence electrons. The number of nitrogens with one attached hydrogen (secondary N) is 1. The normalized spacial score (nSPS) is 17.0. The zero-order valence-corrected chi connectivity index (χ0v) is 11.2. The van der Waals surface area contributed by atoms with Gasteiger partial charge in [-0.2, -0.15) is 5.26 Å². The Bertz CT molecular complexity index is 557. The third-order valence-corrected chi connectivity index (χ3v) is 4.47. The predicted octanol–water partition coefficient (Wildman–Crippen LogP) is 0.658. The fourth-order valence-electron chi connectivity index (χ4n) is 1.87. The molecule has 1 aliphatic heterocycles. The molecule has 19 heavy (non-hydrogen) atoms. The van der Waals surface area contributed by atoms with Crippen LogP contribution in [0, 0.1) is 17.2 Å². The Kier molecular flexibility index (Phi) is 4.47. The first kappa shape index (κ1) is 13.9. The van der Waals surface area contributed by atoms with E-state index in [1.807, 2.05) is 6.07 Å². The molecule has 0 bridgehead atoms. The van der Waals surface area contributed by atoms with Gasteiger partial charge in [-0.25, -0.2) is 18.1 Å². The maximum absolute atomic E-state index is 12.0. The summed E-state index contributed by atoms with van der Waals surface area (Å²) < 4.78 is 31.8. The van der Waals surface area contributed by atoms with Gasteiger partial charge in [0.2, 0.25) is 10.0 Å². The summed E-state index contributed by atoms with van der Waals surface area (Å²) >= 11 is 0. The summed E-state index contributed by atoms with van der Waals surface area (Å²) in [4.78, 5) is 3.84. The lowest BCUT2D eigenvalue weighted by atomic mass is 10.0. The van der Waals surface area contributed by atoms with Crippen molar-refractivity contribution in [3.8, 4) is 6.07 Å². The van der Waals surface area contributed by atoms with E-state index < -0.39 is 10.0 Å². The van der Waals surface area contributed by atoms with E-state index in [2.05, 4.69) is 9.71 Å². The highest BCUT2D eigenvalue weighted by Crippen LogP contribution is 2.15. The molecule has 1 N–H and O–H groups in total. The highest BCUT2D eigenvalue weighted by atomic mass is 32.2. The summed E-state index contributed by atoms with van der Waals surface area (Å²) in [5.74, 6) is 0.315. The molecular weight excluding hydrogens is 266 g/mol. The van der Waals surface area contributed by atoms with Crippen LogP contribution in [-0.2, 0) is 14.8 Å². The van der Waals surface area contributed by atoms with Gasteiger partial charge in [0, 0.05) is 26.0 Å². The molecule has 0 unspecified atom stereocenters. The van der Waals surface area contributed by atoms with Crippen molar-refractivity contribution in [2.45, 2.75) is 17.7 Å². The molecule has 6 nitrogen and oxygen atoms in total. The molecular formula is C12H15N3O3S. The minimum Gasteiger partial charge on any atom is -0.381 e. The number of aromatic nitrogens is 1. The fourth-order valence-corrected chi connectivity index (χ4v) is 2.93. The van der Waals surface area contributed by atoms with Gasteiger partial charge in [0.25, 0.3) is 0 Å². The van der Waals surface area contributed by atoms with Crippen molar-refractivity contribution in [3.05, 3.63) is 24.0 Å². The Morgan fingerprint density at radius 1 is 1.42 bits per heavy atom. The molecule has 1 aromatic heterocycles. The molecule has 0 atom stereocenters. The van der Waals surface area contributed by atoms with Gasteiger partial charge in [0.15, 0.2) is 0 Å². The minimum atomic E-state index is -3.55. The number of nitriles is 1. The predicted molar refractivity (Wildman–Crippen MR) is 67.7 cm³/mol. The molecule has 0 radical (unpaired) electrons. The van der Waals surface area contributed by atoms with Crippen LogP contribution in [0.5, 0.6) is 0 Å². The maximum Gasteiger partial charge on any atom is 0.242 e. The van der Waals surface area contributed by atoms with Gasteiger partial charge >= 0.3 is 0 Å². The molecule has 0 saturated carbocycles. The molecule has 2 heterocycles. The topological polar surface area (TPSA) is 92.1 Å². The number of pyridine rings is 1. The third kappa shape index (κ3) is 3.73. The molecule has 1 saturated heterocycles. The van der Waals surface area contributed by atoms with E-state index in [4.69, 9.17) is 10.00 Å². The number of rotatable bonds is 4. The SMILES string of the molecule is N#Cc1ccc(S(=O)(=O)NCC2CCOCC2)cn1. The fraction of sp³-hybridized carbons (Fsp3) is 0.500. The van der Waals surface area contributed by atoms with E-state index in [1.54, 1.807) is 0 Å². The number of ether oxygens (including phenoxy) is 1. The monoisotopic (exact) mass is 281 g/mol. The average Bonchev–Trinajstić information content (AvgIpc) is 2.46. The molecule has 0 spiro atoms. The molecule has 0 aliphatic carbocycles. The number of nitrogens with zero attached hydrogens (tertiary/aromatic N) is 2. The smallest absolute Gasteiger partial charge is 0.242 e. The second-order valence-electron chi connectivity index (χ2n) is 4.40. The Morgan fingerprint density at radius 2 is 2.16 bits per heavy atom. The van der Waals surface area contributed by atoms with Gasteiger partial charge in [0.1, 0.15) is 16.7 Å². The van der Waals surface area contributed by atoms with Crippen LogP contribution in [0.2, 0.25) is 0 Å². The summed E-state index contributed by atoms with van der Waals surface area (Å²) in [6.07, 6.45) is 2.94. The Hall–Kier alpha value is -1.49. The first-order valence-corrected chi connectivity index (χ1v) is 7.54.